The van der Waals surface area contributed by atoms with Gasteiger partial charge in [0, 0.05) is 0 Å². The second-order valence-electron chi connectivity index (χ2n) is 3.09. The van der Waals surface area contributed by atoms with Gasteiger partial charge in [-0.3, -0.25) is 9.59 Å². The van der Waals surface area contributed by atoms with Crippen LogP contribution in [-0.4, -0.2) is 17.9 Å². The highest BCUT2D eigenvalue weighted by Gasteiger charge is 2.13. The largest absolute Gasteiger partial charge is 0.462 e. The highest BCUT2D eigenvalue weighted by Crippen LogP contribution is 2.02. The highest BCUT2D eigenvalue weighted by atomic mass is 16.5. The number of ether oxygens (including phenoxy) is 1. The number of hydrogen-bond donors (Lipinski definition) is 0. The molecule has 0 aliphatic rings. The predicted octanol–water partition coefficient (Wildman–Crippen LogP) is 1.86. The van der Waals surface area contributed by atoms with E-state index < -0.39 is 5.97 Å². The molecular formula is C10H16O3. The number of esters is 1. The van der Waals surface area contributed by atoms with Crippen molar-refractivity contribution in [2.75, 3.05) is 0 Å². The molecule has 0 saturated heterocycles. The smallest absolute Gasteiger partial charge is 0.313 e. The summed E-state index contributed by atoms with van der Waals surface area (Å²) in [6, 6.07) is 0. The van der Waals surface area contributed by atoms with Crippen molar-refractivity contribution in [1.82, 2.24) is 0 Å². The zero-order valence-corrected chi connectivity index (χ0v) is 8.42. The van der Waals surface area contributed by atoms with Gasteiger partial charge in [0.2, 0.25) is 0 Å². The Morgan fingerprint density at radius 1 is 1.46 bits per heavy atom. The lowest BCUT2D eigenvalue weighted by molar-refractivity contribution is -0.149. The molecule has 0 aliphatic heterocycles. The molecule has 0 rings (SSSR count). The molecule has 0 heterocycles. The van der Waals surface area contributed by atoms with Crippen molar-refractivity contribution in [3.8, 4) is 0 Å². The molecule has 0 aromatic heterocycles. The van der Waals surface area contributed by atoms with Gasteiger partial charge in [-0.1, -0.05) is 13.5 Å². The Labute approximate surface area is 78.8 Å². The van der Waals surface area contributed by atoms with Gasteiger partial charge in [0.1, 0.15) is 6.42 Å². The van der Waals surface area contributed by atoms with Crippen LogP contribution >= 0.6 is 0 Å². The van der Waals surface area contributed by atoms with E-state index in [0.717, 1.165) is 6.42 Å². The highest BCUT2D eigenvalue weighted by molar-refractivity contribution is 6.04. The van der Waals surface area contributed by atoms with Crippen LogP contribution in [0, 0.1) is 0 Å². The van der Waals surface area contributed by atoms with Gasteiger partial charge < -0.3 is 4.74 Å². The Morgan fingerprint density at radius 2 is 2.00 bits per heavy atom. The molecule has 0 saturated carbocycles. The zero-order chi connectivity index (χ0) is 10.4. The molecule has 0 spiro atoms. The quantitative estimate of drug-likeness (QED) is 0.372. The van der Waals surface area contributed by atoms with Gasteiger partial charge in [0.25, 0.3) is 0 Å². The first kappa shape index (κ1) is 11.9. The van der Waals surface area contributed by atoms with Crippen LogP contribution in [0.2, 0.25) is 0 Å². The van der Waals surface area contributed by atoms with Crippen LogP contribution in [0.25, 0.3) is 0 Å². The molecule has 0 aliphatic carbocycles. The Bertz CT molecular complexity index is 218. The summed E-state index contributed by atoms with van der Waals surface area (Å²) in [6.45, 7) is 8.74. The Morgan fingerprint density at radius 3 is 2.38 bits per heavy atom. The maximum absolute atomic E-state index is 11.0. The number of rotatable bonds is 5. The van der Waals surface area contributed by atoms with E-state index in [2.05, 4.69) is 6.58 Å². The maximum Gasteiger partial charge on any atom is 0.313 e. The van der Waals surface area contributed by atoms with Crippen LogP contribution in [0.4, 0.5) is 0 Å². The summed E-state index contributed by atoms with van der Waals surface area (Å²) < 4.78 is 4.92. The minimum absolute atomic E-state index is 0.120. The molecule has 0 fully saturated rings. The summed E-state index contributed by atoms with van der Waals surface area (Å²) in [7, 11) is 0. The van der Waals surface area contributed by atoms with Crippen LogP contribution < -0.4 is 0 Å². The van der Waals surface area contributed by atoms with Gasteiger partial charge in [0.05, 0.1) is 6.10 Å². The second kappa shape index (κ2) is 5.51. The van der Waals surface area contributed by atoms with Crippen LogP contribution in [-0.2, 0) is 14.3 Å². The lowest BCUT2D eigenvalue weighted by Gasteiger charge is -2.09. The molecule has 0 bridgehead atoms. The van der Waals surface area contributed by atoms with E-state index in [1.807, 2.05) is 6.92 Å². The summed E-state index contributed by atoms with van der Waals surface area (Å²) in [5.41, 5.74) is 0.390. The standard InChI is InChI=1S/C10H16O3/c1-5-8(4)13-10(12)6-9(11)7(2)3/h8H,2,5-6H2,1,3-4H3. The normalized spacial score (nSPS) is 11.9. The first-order chi connectivity index (χ1) is 5.97. The minimum Gasteiger partial charge on any atom is -0.462 e. The molecular weight excluding hydrogens is 168 g/mol. The Kier molecular flexibility index (Phi) is 5.04. The fraction of sp³-hybridized carbons (Fsp3) is 0.600. The van der Waals surface area contributed by atoms with E-state index in [1.54, 1.807) is 13.8 Å². The molecule has 3 heteroatoms. The van der Waals surface area contributed by atoms with E-state index in [4.69, 9.17) is 4.74 Å². The molecule has 0 N–H and O–H groups in total. The van der Waals surface area contributed by atoms with E-state index in [-0.39, 0.29) is 18.3 Å². The monoisotopic (exact) mass is 184 g/mol. The first-order valence-electron chi connectivity index (χ1n) is 4.35. The number of ketones is 1. The number of carbonyl (C=O) groups excluding carboxylic acids is 2. The number of carbonyl (C=O) groups is 2. The van der Waals surface area contributed by atoms with E-state index in [9.17, 15) is 9.59 Å². The SMILES string of the molecule is C=C(C)C(=O)CC(=O)OC(C)CC. The van der Waals surface area contributed by atoms with Crippen LogP contribution in [0.15, 0.2) is 12.2 Å². The van der Waals surface area contributed by atoms with Gasteiger partial charge >= 0.3 is 5.97 Å². The number of hydrogen-bond acceptors (Lipinski definition) is 3. The van der Waals surface area contributed by atoms with Crippen molar-refractivity contribution < 1.29 is 14.3 Å². The topological polar surface area (TPSA) is 43.4 Å². The third-order valence-electron chi connectivity index (χ3n) is 1.69. The lowest BCUT2D eigenvalue weighted by atomic mass is 10.2. The van der Waals surface area contributed by atoms with Crippen molar-refractivity contribution in [3.63, 3.8) is 0 Å². The summed E-state index contributed by atoms with van der Waals surface area (Å²) in [6.07, 6.45) is 0.442. The van der Waals surface area contributed by atoms with Gasteiger partial charge in [-0.15, -0.1) is 0 Å². The summed E-state index contributed by atoms with van der Waals surface area (Å²) in [5, 5.41) is 0. The van der Waals surface area contributed by atoms with Crippen molar-refractivity contribution in [2.24, 2.45) is 0 Å². The second-order valence-corrected chi connectivity index (χ2v) is 3.09. The van der Waals surface area contributed by atoms with Crippen LogP contribution in [0.3, 0.4) is 0 Å². The van der Waals surface area contributed by atoms with Crippen molar-refractivity contribution >= 4 is 11.8 Å². The minimum atomic E-state index is -0.470. The Hall–Kier alpha value is -1.12. The third-order valence-corrected chi connectivity index (χ3v) is 1.69. The maximum atomic E-state index is 11.0. The molecule has 13 heavy (non-hydrogen) atoms. The molecule has 0 radical (unpaired) electrons. The fourth-order valence-electron chi connectivity index (χ4n) is 0.631. The first-order valence-corrected chi connectivity index (χ1v) is 4.35. The average Bonchev–Trinajstić information content (AvgIpc) is 2.03. The number of Topliss-reactive ketones (excluding diaryl/α,β-unsaturated/α-hetero) is 1. The molecule has 0 aromatic rings. The number of allylic oxidation sites excluding steroid dienone is 1. The average molecular weight is 184 g/mol. The zero-order valence-electron chi connectivity index (χ0n) is 8.42. The Balaban J connectivity index is 3.88. The third kappa shape index (κ3) is 5.17. The summed E-state index contributed by atoms with van der Waals surface area (Å²) >= 11 is 0. The lowest BCUT2D eigenvalue weighted by Crippen LogP contribution is -2.17. The summed E-state index contributed by atoms with van der Waals surface area (Å²) in [5.74, 6) is -0.726. The molecule has 1 unspecified atom stereocenters. The molecule has 0 aromatic carbocycles. The molecule has 74 valence electrons. The van der Waals surface area contributed by atoms with E-state index >= 15 is 0 Å². The van der Waals surface area contributed by atoms with Crippen LogP contribution in [0.5, 0.6) is 0 Å². The van der Waals surface area contributed by atoms with Gasteiger partial charge in [-0.2, -0.15) is 0 Å². The van der Waals surface area contributed by atoms with Crippen LogP contribution in [0.1, 0.15) is 33.6 Å². The van der Waals surface area contributed by atoms with Gasteiger partial charge in [-0.05, 0) is 25.8 Å². The predicted molar refractivity (Wildman–Crippen MR) is 50.3 cm³/mol. The molecule has 3 nitrogen and oxygen atoms in total. The van der Waals surface area contributed by atoms with E-state index in [0.29, 0.717) is 5.57 Å². The molecule has 1 atom stereocenters. The molecule has 0 amide bonds. The van der Waals surface area contributed by atoms with Crippen molar-refractivity contribution in [3.05, 3.63) is 12.2 Å². The fourth-order valence-corrected chi connectivity index (χ4v) is 0.631. The van der Waals surface area contributed by atoms with Crippen molar-refractivity contribution in [1.29, 1.82) is 0 Å². The van der Waals surface area contributed by atoms with Gasteiger partial charge in [0.15, 0.2) is 5.78 Å². The summed E-state index contributed by atoms with van der Waals surface area (Å²) in [4.78, 5) is 22.1. The van der Waals surface area contributed by atoms with Crippen molar-refractivity contribution in [2.45, 2.75) is 39.7 Å². The van der Waals surface area contributed by atoms with Gasteiger partial charge in [-0.25, -0.2) is 0 Å². The van der Waals surface area contributed by atoms with E-state index in [1.165, 1.54) is 0 Å².